The minimum absolute atomic E-state index is 0. The molecule has 28 heavy (non-hydrogen) atoms. The Morgan fingerprint density at radius 1 is 0.857 bits per heavy atom. The highest BCUT2D eigenvalue weighted by Gasteiger charge is 2.25. The minimum Gasteiger partial charge on any atom is -0.493 e. The summed E-state index contributed by atoms with van der Waals surface area (Å²) >= 11 is 0. The molecule has 0 amide bonds. The Balaban J connectivity index is 0.00000280. The quantitative estimate of drug-likeness (QED) is 0.695. The number of nitrogens with one attached hydrogen (secondary N) is 1. The van der Waals surface area contributed by atoms with Gasteiger partial charge in [0.25, 0.3) is 0 Å². The Kier molecular flexibility index (Phi) is 8.27. The van der Waals surface area contributed by atoms with Gasteiger partial charge in [0.1, 0.15) is 0 Å². The van der Waals surface area contributed by atoms with E-state index in [4.69, 9.17) is 18.9 Å². The third kappa shape index (κ3) is 4.65. The van der Waals surface area contributed by atoms with Crippen LogP contribution in [0, 0.1) is 0 Å². The summed E-state index contributed by atoms with van der Waals surface area (Å²) in [4.78, 5) is 0. The van der Waals surface area contributed by atoms with E-state index >= 15 is 0 Å². The first-order valence-electron chi connectivity index (χ1n) is 9.68. The molecule has 1 N–H and O–H groups in total. The SMILES string of the molecule is CCOc1ccc(C2NCCc3cc(OCC)c(OCC)cc32)cc1OC.Cl. The summed E-state index contributed by atoms with van der Waals surface area (Å²) in [5.74, 6) is 3.13. The molecule has 1 unspecified atom stereocenters. The lowest BCUT2D eigenvalue weighted by atomic mass is 9.89. The van der Waals surface area contributed by atoms with Crippen LogP contribution in [0.15, 0.2) is 30.3 Å². The van der Waals surface area contributed by atoms with Gasteiger partial charge in [-0.05, 0) is 68.1 Å². The van der Waals surface area contributed by atoms with Crippen molar-refractivity contribution in [3.8, 4) is 23.0 Å². The second kappa shape index (κ2) is 10.4. The molecule has 0 saturated heterocycles. The second-order valence-electron chi connectivity index (χ2n) is 6.34. The van der Waals surface area contributed by atoms with E-state index in [1.807, 2.05) is 26.8 Å². The largest absolute Gasteiger partial charge is 0.493 e. The first-order chi connectivity index (χ1) is 13.2. The zero-order valence-electron chi connectivity index (χ0n) is 17.0. The Labute approximate surface area is 173 Å². The van der Waals surface area contributed by atoms with Gasteiger partial charge in [-0.1, -0.05) is 6.07 Å². The predicted octanol–water partition coefficient (Wildman–Crippen LogP) is 4.55. The van der Waals surface area contributed by atoms with Crippen molar-refractivity contribution in [2.75, 3.05) is 33.5 Å². The van der Waals surface area contributed by atoms with E-state index in [2.05, 4.69) is 29.6 Å². The van der Waals surface area contributed by atoms with Crippen molar-refractivity contribution in [1.29, 1.82) is 0 Å². The smallest absolute Gasteiger partial charge is 0.161 e. The number of halogens is 1. The highest BCUT2D eigenvalue weighted by Crippen LogP contribution is 2.39. The van der Waals surface area contributed by atoms with Crippen LogP contribution in [-0.2, 0) is 6.42 Å². The number of ether oxygens (including phenoxy) is 4. The molecule has 0 spiro atoms. The van der Waals surface area contributed by atoms with E-state index in [0.717, 1.165) is 41.5 Å². The van der Waals surface area contributed by atoms with Crippen molar-refractivity contribution < 1.29 is 18.9 Å². The summed E-state index contributed by atoms with van der Waals surface area (Å²) in [5.41, 5.74) is 3.65. The van der Waals surface area contributed by atoms with E-state index in [0.29, 0.717) is 19.8 Å². The molecule has 2 aromatic carbocycles. The maximum Gasteiger partial charge on any atom is 0.161 e. The summed E-state index contributed by atoms with van der Waals surface area (Å²) in [6, 6.07) is 10.4. The van der Waals surface area contributed by atoms with Crippen molar-refractivity contribution in [2.45, 2.75) is 33.2 Å². The molecule has 1 aliphatic heterocycles. The lowest BCUT2D eigenvalue weighted by Crippen LogP contribution is -2.30. The van der Waals surface area contributed by atoms with Crippen LogP contribution < -0.4 is 24.3 Å². The molecular formula is C22H30ClNO4. The Morgan fingerprint density at radius 3 is 2.14 bits per heavy atom. The van der Waals surface area contributed by atoms with Gasteiger partial charge in [0.2, 0.25) is 0 Å². The van der Waals surface area contributed by atoms with Gasteiger partial charge in [-0.15, -0.1) is 12.4 Å². The molecule has 0 bridgehead atoms. The fraction of sp³-hybridized carbons (Fsp3) is 0.455. The van der Waals surface area contributed by atoms with Gasteiger partial charge in [0, 0.05) is 6.54 Å². The van der Waals surface area contributed by atoms with Crippen LogP contribution in [0.3, 0.4) is 0 Å². The average Bonchev–Trinajstić information content (AvgIpc) is 2.69. The van der Waals surface area contributed by atoms with Crippen molar-refractivity contribution in [3.63, 3.8) is 0 Å². The molecule has 0 aromatic heterocycles. The van der Waals surface area contributed by atoms with E-state index in [1.165, 1.54) is 11.1 Å². The molecule has 154 valence electrons. The molecular weight excluding hydrogens is 378 g/mol. The molecule has 0 aliphatic carbocycles. The third-order valence-corrected chi connectivity index (χ3v) is 4.68. The maximum atomic E-state index is 5.84. The number of benzene rings is 2. The Morgan fingerprint density at radius 2 is 1.50 bits per heavy atom. The highest BCUT2D eigenvalue weighted by atomic mass is 35.5. The fourth-order valence-corrected chi connectivity index (χ4v) is 3.54. The molecule has 1 heterocycles. The van der Waals surface area contributed by atoms with Gasteiger partial charge in [-0.3, -0.25) is 0 Å². The average molecular weight is 408 g/mol. The standard InChI is InChI=1S/C22H29NO4.ClH/c1-5-25-18-9-8-16(13-19(18)24-4)22-17-14-21(27-7-3)20(26-6-2)12-15(17)10-11-23-22;/h8-9,12-14,22-23H,5-7,10-11H2,1-4H3;1H. The number of rotatable bonds is 8. The Bertz CT molecular complexity index is 781. The first-order valence-corrected chi connectivity index (χ1v) is 9.68. The summed E-state index contributed by atoms with van der Waals surface area (Å²) in [5, 5.41) is 3.62. The van der Waals surface area contributed by atoms with Gasteiger partial charge in [-0.2, -0.15) is 0 Å². The maximum absolute atomic E-state index is 5.84. The minimum atomic E-state index is 0. The van der Waals surface area contributed by atoms with Crippen LogP contribution in [-0.4, -0.2) is 33.5 Å². The second-order valence-corrected chi connectivity index (χ2v) is 6.34. The predicted molar refractivity (Wildman–Crippen MR) is 114 cm³/mol. The Hall–Kier alpha value is -2.11. The molecule has 0 radical (unpaired) electrons. The van der Waals surface area contributed by atoms with Crippen LogP contribution >= 0.6 is 12.4 Å². The normalized spacial score (nSPS) is 15.2. The topological polar surface area (TPSA) is 49.0 Å². The van der Waals surface area contributed by atoms with E-state index in [1.54, 1.807) is 7.11 Å². The number of methoxy groups -OCH3 is 1. The van der Waals surface area contributed by atoms with Gasteiger partial charge in [0.05, 0.1) is 33.0 Å². The summed E-state index contributed by atoms with van der Waals surface area (Å²) in [6.45, 7) is 8.70. The highest BCUT2D eigenvalue weighted by molar-refractivity contribution is 5.85. The molecule has 0 saturated carbocycles. The van der Waals surface area contributed by atoms with Crippen molar-refractivity contribution in [1.82, 2.24) is 5.32 Å². The van der Waals surface area contributed by atoms with Crippen LogP contribution in [0.4, 0.5) is 0 Å². The van der Waals surface area contributed by atoms with Crippen LogP contribution in [0.1, 0.15) is 43.5 Å². The number of fused-ring (bicyclic) bond motifs is 1. The van der Waals surface area contributed by atoms with Crippen LogP contribution in [0.5, 0.6) is 23.0 Å². The lowest BCUT2D eigenvalue weighted by molar-refractivity contribution is 0.286. The summed E-state index contributed by atoms with van der Waals surface area (Å²) in [7, 11) is 1.67. The molecule has 6 heteroatoms. The molecule has 1 atom stereocenters. The van der Waals surface area contributed by atoms with Gasteiger partial charge in [-0.25, -0.2) is 0 Å². The van der Waals surface area contributed by atoms with Crippen LogP contribution in [0.25, 0.3) is 0 Å². The third-order valence-electron chi connectivity index (χ3n) is 4.68. The first kappa shape index (κ1) is 22.2. The van der Waals surface area contributed by atoms with Crippen molar-refractivity contribution in [3.05, 3.63) is 47.0 Å². The molecule has 3 rings (SSSR count). The van der Waals surface area contributed by atoms with Crippen molar-refractivity contribution >= 4 is 12.4 Å². The lowest BCUT2D eigenvalue weighted by Gasteiger charge is -2.29. The molecule has 5 nitrogen and oxygen atoms in total. The fourth-order valence-electron chi connectivity index (χ4n) is 3.54. The van der Waals surface area contributed by atoms with Gasteiger partial charge in [0.15, 0.2) is 23.0 Å². The number of hydrogen-bond acceptors (Lipinski definition) is 5. The van der Waals surface area contributed by atoms with E-state index in [9.17, 15) is 0 Å². The van der Waals surface area contributed by atoms with E-state index < -0.39 is 0 Å². The van der Waals surface area contributed by atoms with Gasteiger partial charge >= 0.3 is 0 Å². The molecule has 0 fully saturated rings. The van der Waals surface area contributed by atoms with Crippen LogP contribution in [0.2, 0.25) is 0 Å². The monoisotopic (exact) mass is 407 g/mol. The molecule has 2 aromatic rings. The van der Waals surface area contributed by atoms with E-state index in [-0.39, 0.29) is 18.4 Å². The molecule has 1 aliphatic rings. The summed E-state index contributed by atoms with van der Waals surface area (Å²) in [6.07, 6.45) is 0.965. The van der Waals surface area contributed by atoms with Crippen molar-refractivity contribution in [2.24, 2.45) is 0 Å². The van der Waals surface area contributed by atoms with Gasteiger partial charge < -0.3 is 24.3 Å². The zero-order valence-corrected chi connectivity index (χ0v) is 17.9. The zero-order chi connectivity index (χ0) is 19.2. The number of hydrogen-bond donors (Lipinski definition) is 1. The summed E-state index contributed by atoms with van der Waals surface area (Å²) < 4.78 is 22.8.